The zero-order valence-electron chi connectivity index (χ0n) is 13.8. The van der Waals surface area contributed by atoms with Gasteiger partial charge in [-0.25, -0.2) is 4.79 Å². The summed E-state index contributed by atoms with van der Waals surface area (Å²) in [5.74, 6) is -0.701. The molecule has 5 heteroatoms. The Hall–Kier alpha value is -3.11. The molecule has 3 rings (SSSR count). The number of ether oxygens (including phenoxy) is 1. The van der Waals surface area contributed by atoms with Crippen LogP contribution in [-0.4, -0.2) is 11.9 Å². The number of rotatable bonds is 5. The van der Waals surface area contributed by atoms with E-state index in [9.17, 15) is 9.59 Å². The van der Waals surface area contributed by atoms with Crippen LogP contribution < -0.4 is 5.32 Å². The normalized spacial score (nSPS) is 10.2. The molecule has 0 bridgehead atoms. The molecule has 1 N–H and O–H groups in total. The quantitative estimate of drug-likeness (QED) is 0.651. The second kappa shape index (κ2) is 8.32. The Morgan fingerprint density at radius 2 is 1.54 bits per heavy atom. The van der Waals surface area contributed by atoms with Crippen molar-refractivity contribution in [2.45, 2.75) is 6.61 Å². The van der Waals surface area contributed by atoms with Crippen molar-refractivity contribution in [1.82, 2.24) is 0 Å². The monoisotopic (exact) mass is 365 g/mol. The van der Waals surface area contributed by atoms with Crippen LogP contribution in [0.15, 0.2) is 78.9 Å². The van der Waals surface area contributed by atoms with E-state index in [1.165, 1.54) is 0 Å². The van der Waals surface area contributed by atoms with Gasteiger partial charge >= 0.3 is 5.97 Å². The van der Waals surface area contributed by atoms with Crippen LogP contribution >= 0.6 is 11.6 Å². The summed E-state index contributed by atoms with van der Waals surface area (Å²) in [6.45, 7) is 0.149. The predicted molar refractivity (Wildman–Crippen MR) is 101 cm³/mol. The number of esters is 1. The molecular weight excluding hydrogens is 350 g/mol. The molecule has 0 heterocycles. The maximum atomic E-state index is 12.2. The molecule has 0 aliphatic heterocycles. The summed E-state index contributed by atoms with van der Waals surface area (Å²) in [5.41, 5.74) is 2.28. The molecule has 1 amide bonds. The average molecular weight is 366 g/mol. The third kappa shape index (κ3) is 4.71. The van der Waals surface area contributed by atoms with Gasteiger partial charge in [-0.1, -0.05) is 48.0 Å². The highest BCUT2D eigenvalue weighted by atomic mass is 35.5. The van der Waals surface area contributed by atoms with Gasteiger partial charge in [0.25, 0.3) is 5.91 Å². The van der Waals surface area contributed by atoms with Crippen LogP contribution in [0.25, 0.3) is 0 Å². The summed E-state index contributed by atoms with van der Waals surface area (Å²) in [5, 5.41) is 3.40. The largest absolute Gasteiger partial charge is 0.457 e. The van der Waals surface area contributed by atoms with Gasteiger partial charge in [0, 0.05) is 16.3 Å². The molecule has 0 aromatic heterocycles. The Balaban J connectivity index is 1.63. The number of nitrogens with one attached hydrogen (secondary N) is 1. The highest BCUT2D eigenvalue weighted by Crippen LogP contribution is 2.15. The number of hydrogen-bond acceptors (Lipinski definition) is 3. The zero-order chi connectivity index (χ0) is 18.4. The minimum Gasteiger partial charge on any atom is -0.457 e. The molecule has 3 aromatic rings. The van der Waals surface area contributed by atoms with Crippen molar-refractivity contribution in [2.75, 3.05) is 5.32 Å². The highest BCUT2D eigenvalue weighted by Gasteiger charge is 2.10. The van der Waals surface area contributed by atoms with Crippen LogP contribution in [-0.2, 0) is 11.3 Å². The molecule has 0 aliphatic carbocycles. The Bertz CT molecular complexity index is 908. The van der Waals surface area contributed by atoms with Crippen LogP contribution in [0.5, 0.6) is 0 Å². The number of carbonyl (C=O) groups excluding carboxylic acids is 2. The fraction of sp³-hybridized carbons (Fsp3) is 0.0476. The Labute approximate surface area is 156 Å². The van der Waals surface area contributed by atoms with E-state index < -0.39 is 5.97 Å². The molecule has 130 valence electrons. The Morgan fingerprint density at radius 3 is 2.27 bits per heavy atom. The number of anilines is 1. The lowest BCUT2D eigenvalue weighted by molar-refractivity contribution is 0.0472. The number of amides is 1. The van der Waals surface area contributed by atoms with E-state index in [1.807, 2.05) is 6.07 Å². The SMILES string of the molecule is O=C(Nc1cccc(C(=O)OCc2ccc(Cl)cc2)c1)c1ccccc1. The topological polar surface area (TPSA) is 55.4 Å². The number of carbonyl (C=O) groups is 2. The maximum absolute atomic E-state index is 12.2. The lowest BCUT2D eigenvalue weighted by Gasteiger charge is -2.08. The lowest BCUT2D eigenvalue weighted by Crippen LogP contribution is -2.12. The molecule has 3 aromatic carbocycles. The number of benzene rings is 3. The van der Waals surface area contributed by atoms with Gasteiger partial charge in [0.1, 0.15) is 6.61 Å². The molecular formula is C21H16ClNO3. The van der Waals surface area contributed by atoms with Gasteiger partial charge in [-0.2, -0.15) is 0 Å². The van der Waals surface area contributed by atoms with Gasteiger partial charge in [-0.3, -0.25) is 4.79 Å². The van der Waals surface area contributed by atoms with E-state index in [0.29, 0.717) is 21.8 Å². The molecule has 4 nitrogen and oxygen atoms in total. The number of hydrogen-bond donors (Lipinski definition) is 1. The van der Waals surface area contributed by atoms with E-state index in [-0.39, 0.29) is 12.5 Å². The van der Waals surface area contributed by atoms with Crippen molar-refractivity contribution in [3.8, 4) is 0 Å². The van der Waals surface area contributed by atoms with Crippen molar-refractivity contribution in [3.05, 3.63) is 101 Å². The third-order valence-corrected chi connectivity index (χ3v) is 3.93. The highest BCUT2D eigenvalue weighted by molar-refractivity contribution is 6.30. The molecule has 0 fully saturated rings. The van der Waals surface area contributed by atoms with Crippen molar-refractivity contribution in [1.29, 1.82) is 0 Å². The molecule has 0 saturated heterocycles. The van der Waals surface area contributed by atoms with Gasteiger partial charge in [0.15, 0.2) is 0 Å². The van der Waals surface area contributed by atoms with Gasteiger partial charge in [0.2, 0.25) is 0 Å². The van der Waals surface area contributed by atoms with Crippen LogP contribution in [0.1, 0.15) is 26.3 Å². The lowest BCUT2D eigenvalue weighted by atomic mass is 10.1. The third-order valence-electron chi connectivity index (χ3n) is 3.68. The van der Waals surface area contributed by atoms with E-state index in [1.54, 1.807) is 72.8 Å². The summed E-state index contributed by atoms with van der Waals surface area (Å²) in [6.07, 6.45) is 0. The first-order chi connectivity index (χ1) is 12.6. The molecule has 0 radical (unpaired) electrons. The predicted octanol–water partition coefficient (Wildman–Crippen LogP) is 4.95. The van der Waals surface area contributed by atoms with Crippen molar-refractivity contribution in [3.63, 3.8) is 0 Å². The van der Waals surface area contributed by atoms with E-state index in [4.69, 9.17) is 16.3 Å². The number of halogens is 1. The summed E-state index contributed by atoms with van der Waals surface area (Å²) in [7, 11) is 0. The average Bonchev–Trinajstić information content (AvgIpc) is 2.68. The van der Waals surface area contributed by atoms with Crippen molar-refractivity contribution in [2.24, 2.45) is 0 Å². The summed E-state index contributed by atoms with van der Waals surface area (Å²) in [4.78, 5) is 24.4. The molecule has 0 aliphatic rings. The van der Waals surface area contributed by atoms with E-state index >= 15 is 0 Å². The van der Waals surface area contributed by atoms with E-state index in [0.717, 1.165) is 5.56 Å². The van der Waals surface area contributed by atoms with Crippen LogP contribution in [0.4, 0.5) is 5.69 Å². The molecule has 0 saturated carbocycles. The van der Waals surface area contributed by atoms with Gasteiger partial charge in [0.05, 0.1) is 5.56 Å². The van der Waals surface area contributed by atoms with Crippen LogP contribution in [0.2, 0.25) is 5.02 Å². The first-order valence-corrected chi connectivity index (χ1v) is 8.37. The zero-order valence-corrected chi connectivity index (χ0v) is 14.6. The Morgan fingerprint density at radius 1 is 0.846 bits per heavy atom. The molecule has 0 atom stereocenters. The van der Waals surface area contributed by atoms with Gasteiger partial charge in [-0.15, -0.1) is 0 Å². The van der Waals surface area contributed by atoms with Crippen LogP contribution in [0, 0.1) is 0 Å². The Kier molecular flexibility index (Phi) is 5.66. The molecule has 26 heavy (non-hydrogen) atoms. The first kappa shape index (κ1) is 17.7. The smallest absolute Gasteiger partial charge is 0.338 e. The fourth-order valence-electron chi connectivity index (χ4n) is 2.33. The second-order valence-corrected chi connectivity index (χ2v) is 6.04. The second-order valence-electron chi connectivity index (χ2n) is 5.60. The molecule has 0 unspecified atom stereocenters. The fourth-order valence-corrected chi connectivity index (χ4v) is 2.46. The summed E-state index contributed by atoms with van der Waals surface area (Å²) >= 11 is 5.83. The van der Waals surface area contributed by atoms with Gasteiger partial charge < -0.3 is 10.1 Å². The van der Waals surface area contributed by atoms with Crippen molar-refractivity contribution >= 4 is 29.2 Å². The molecule has 0 spiro atoms. The maximum Gasteiger partial charge on any atom is 0.338 e. The first-order valence-electron chi connectivity index (χ1n) is 8.00. The van der Waals surface area contributed by atoms with Crippen molar-refractivity contribution < 1.29 is 14.3 Å². The summed E-state index contributed by atoms with van der Waals surface area (Å²) in [6, 6.07) is 22.6. The standard InChI is InChI=1S/C21H16ClNO3/c22-18-11-9-15(10-12-18)14-26-21(25)17-7-4-8-19(13-17)23-20(24)16-5-2-1-3-6-16/h1-13H,14H2,(H,23,24). The van der Waals surface area contributed by atoms with Gasteiger partial charge in [-0.05, 0) is 48.0 Å². The minimum atomic E-state index is -0.462. The minimum absolute atomic E-state index is 0.149. The summed E-state index contributed by atoms with van der Waals surface area (Å²) < 4.78 is 5.30. The van der Waals surface area contributed by atoms with Crippen LogP contribution in [0.3, 0.4) is 0 Å². The van der Waals surface area contributed by atoms with E-state index in [2.05, 4.69) is 5.32 Å².